The third-order valence-electron chi connectivity index (χ3n) is 4.36. The smallest absolute Gasteiger partial charge is 0.230 e. The van der Waals surface area contributed by atoms with E-state index in [-0.39, 0.29) is 25.4 Å². The number of nitrogens with zero attached hydrogens (tertiary/aromatic N) is 2. The zero-order valence-electron chi connectivity index (χ0n) is 15.8. The van der Waals surface area contributed by atoms with Gasteiger partial charge in [0.1, 0.15) is 0 Å². The van der Waals surface area contributed by atoms with E-state index in [2.05, 4.69) is 10.3 Å². The number of amides is 1. The van der Waals surface area contributed by atoms with Gasteiger partial charge in [0.2, 0.25) is 5.91 Å². The first kappa shape index (κ1) is 20.9. The molecule has 1 atom stereocenters. The van der Waals surface area contributed by atoms with Gasteiger partial charge in [-0.3, -0.25) is 4.79 Å². The highest BCUT2D eigenvalue weighted by atomic mass is 32.1. The SMILES string of the molecule is Nc1nc(CC(=O)Nc2ccc(CCN([O-])C[C@H](O)c3ccccc3)cc2)cs1. The number of thiazole rings is 1. The van der Waals surface area contributed by atoms with Gasteiger partial charge < -0.3 is 26.4 Å². The molecular weight excluding hydrogens is 388 g/mol. The zero-order chi connectivity index (χ0) is 20.6. The van der Waals surface area contributed by atoms with Crippen molar-refractivity contribution < 1.29 is 9.90 Å². The second kappa shape index (κ2) is 10.1. The molecule has 3 aromatic rings. The zero-order valence-corrected chi connectivity index (χ0v) is 16.6. The fraction of sp³-hybridized carbons (Fsp3) is 0.238. The van der Waals surface area contributed by atoms with Gasteiger partial charge in [-0.2, -0.15) is 0 Å². The summed E-state index contributed by atoms with van der Waals surface area (Å²) in [5.74, 6) is -0.163. The van der Waals surface area contributed by atoms with Crippen LogP contribution in [-0.2, 0) is 17.6 Å². The molecule has 0 aliphatic rings. The molecule has 0 aliphatic carbocycles. The highest BCUT2D eigenvalue weighted by Gasteiger charge is 2.09. The molecule has 8 heteroatoms. The molecule has 1 aromatic heterocycles. The molecule has 152 valence electrons. The lowest BCUT2D eigenvalue weighted by Crippen LogP contribution is -2.25. The first-order chi connectivity index (χ1) is 14.0. The maximum atomic E-state index is 12.1. The van der Waals surface area contributed by atoms with Crippen molar-refractivity contribution >= 4 is 28.1 Å². The summed E-state index contributed by atoms with van der Waals surface area (Å²) in [7, 11) is 0. The number of benzene rings is 2. The van der Waals surface area contributed by atoms with Crippen LogP contribution >= 0.6 is 11.3 Å². The number of hydrogen-bond acceptors (Lipinski definition) is 7. The van der Waals surface area contributed by atoms with Crippen LogP contribution in [0.5, 0.6) is 0 Å². The van der Waals surface area contributed by atoms with Crippen LogP contribution in [0.2, 0.25) is 0 Å². The number of aromatic nitrogens is 1. The van der Waals surface area contributed by atoms with Crippen molar-refractivity contribution in [3.05, 3.63) is 82.0 Å². The summed E-state index contributed by atoms with van der Waals surface area (Å²) in [4.78, 5) is 16.1. The van der Waals surface area contributed by atoms with Gasteiger partial charge in [0.05, 0.1) is 18.2 Å². The lowest BCUT2D eigenvalue weighted by atomic mass is 10.1. The van der Waals surface area contributed by atoms with E-state index in [4.69, 9.17) is 5.73 Å². The number of rotatable bonds is 9. The molecule has 0 spiro atoms. The molecule has 4 N–H and O–H groups in total. The molecule has 0 saturated heterocycles. The standard InChI is InChI=1S/C21H23N4O3S/c22-21-24-18(14-29-21)12-20(27)23-17-8-6-15(7-9-17)10-11-25(28)13-19(26)16-4-2-1-3-5-16/h1-9,14,19,26H,10-13H2,(H2,22,24)(H,23,27)/q-1/t19-/m0/s1. The van der Waals surface area contributed by atoms with Crippen molar-refractivity contribution in [1.82, 2.24) is 10.0 Å². The minimum atomic E-state index is -0.806. The van der Waals surface area contributed by atoms with Gasteiger partial charge >= 0.3 is 0 Å². The lowest BCUT2D eigenvalue weighted by molar-refractivity contribution is -0.115. The predicted octanol–water partition coefficient (Wildman–Crippen LogP) is 2.98. The first-order valence-corrected chi connectivity index (χ1v) is 10.1. The number of nitrogens with one attached hydrogen (secondary N) is 1. The van der Waals surface area contributed by atoms with Crippen LogP contribution < -0.4 is 11.1 Å². The molecule has 2 aromatic carbocycles. The lowest BCUT2D eigenvalue weighted by Gasteiger charge is -2.30. The van der Waals surface area contributed by atoms with Gasteiger partial charge in [0.15, 0.2) is 5.13 Å². The van der Waals surface area contributed by atoms with E-state index in [1.54, 1.807) is 29.6 Å². The molecule has 1 amide bonds. The van der Waals surface area contributed by atoms with Crippen LogP contribution in [0.1, 0.15) is 22.9 Å². The summed E-state index contributed by atoms with van der Waals surface area (Å²) in [5.41, 5.74) is 8.60. The Bertz CT molecular complexity index is 915. The van der Waals surface area contributed by atoms with E-state index < -0.39 is 6.10 Å². The number of nitrogen functional groups attached to an aromatic ring is 1. The third kappa shape index (κ3) is 6.65. The highest BCUT2D eigenvalue weighted by molar-refractivity contribution is 7.13. The Labute approximate surface area is 173 Å². The number of carbonyl (C=O) groups excluding carboxylic acids is 1. The van der Waals surface area contributed by atoms with Crippen LogP contribution in [0.15, 0.2) is 60.0 Å². The monoisotopic (exact) mass is 411 g/mol. The molecule has 3 rings (SSSR count). The van der Waals surface area contributed by atoms with E-state index in [1.807, 2.05) is 30.3 Å². The van der Waals surface area contributed by atoms with Crippen molar-refractivity contribution in [2.75, 3.05) is 24.1 Å². The average molecular weight is 412 g/mol. The Morgan fingerprint density at radius 1 is 1.21 bits per heavy atom. The number of aliphatic hydroxyl groups is 1. The van der Waals surface area contributed by atoms with Gasteiger partial charge in [0, 0.05) is 17.6 Å². The number of hydrogen-bond donors (Lipinski definition) is 3. The maximum absolute atomic E-state index is 12.1. The summed E-state index contributed by atoms with van der Waals surface area (Å²) in [6.07, 6.45) is -0.0823. The molecule has 29 heavy (non-hydrogen) atoms. The second-order valence-electron chi connectivity index (χ2n) is 6.66. The first-order valence-electron chi connectivity index (χ1n) is 9.23. The molecule has 0 radical (unpaired) electrons. The Hall–Kier alpha value is -2.78. The van der Waals surface area contributed by atoms with Crippen LogP contribution in [0.4, 0.5) is 10.8 Å². The quantitative estimate of drug-likeness (QED) is 0.466. The van der Waals surface area contributed by atoms with E-state index >= 15 is 0 Å². The van der Waals surface area contributed by atoms with Crippen molar-refractivity contribution in [3.63, 3.8) is 0 Å². The Morgan fingerprint density at radius 2 is 1.93 bits per heavy atom. The molecular formula is C21H23N4O3S-. The van der Waals surface area contributed by atoms with Gasteiger partial charge in [0.25, 0.3) is 0 Å². The van der Waals surface area contributed by atoms with Gasteiger partial charge in [-0.25, -0.2) is 4.98 Å². The molecule has 1 heterocycles. The van der Waals surface area contributed by atoms with Crippen molar-refractivity contribution in [2.45, 2.75) is 18.9 Å². The Kier molecular flexibility index (Phi) is 7.31. The van der Waals surface area contributed by atoms with E-state index in [1.165, 1.54) is 11.3 Å². The second-order valence-corrected chi connectivity index (χ2v) is 7.55. The van der Waals surface area contributed by atoms with Crippen molar-refractivity contribution in [1.29, 1.82) is 0 Å². The number of hydroxylamine groups is 2. The highest BCUT2D eigenvalue weighted by Crippen LogP contribution is 2.15. The Balaban J connectivity index is 1.43. The fourth-order valence-corrected chi connectivity index (χ4v) is 3.41. The number of nitrogens with two attached hydrogens (primary N) is 1. The van der Waals surface area contributed by atoms with Crippen LogP contribution in [0.25, 0.3) is 0 Å². The summed E-state index contributed by atoms with van der Waals surface area (Å²) in [6, 6.07) is 16.5. The third-order valence-corrected chi connectivity index (χ3v) is 5.08. The van der Waals surface area contributed by atoms with Gasteiger partial charge in [-0.15, -0.1) is 11.3 Å². The van der Waals surface area contributed by atoms with Crippen molar-refractivity contribution in [2.24, 2.45) is 0 Å². The summed E-state index contributed by atoms with van der Waals surface area (Å²) in [5, 5.41) is 28.1. The number of anilines is 2. The molecule has 0 bridgehead atoms. The van der Waals surface area contributed by atoms with Gasteiger partial charge in [-0.1, -0.05) is 42.5 Å². The van der Waals surface area contributed by atoms with E-state index in [9.17, 15) is 15.1 Å². The molecule has 0 aliphatic heterocycles. The Morgan fingerprint density at radius 3 is 2.59 bits per heavy atom. The normalized spacial score (nSPS) is 12.1. The van der Waals surface area contributed by atoms with Crippen molar-refractivity contribution in [3.8, 4) is 0 Å². The predicted molar refractivity (Wildman–Crippen MR) is 115 cm³/mol. The minimum Gasteiger partial charge on any atom is -0.785 e. The largest absolute Gasteiger partial charge is 0.785 e. The van der Waals surface area contributed by atoms with Crippen LogP contribution in [0, 0.1) is 5.21 Å². The van der Waals surface area contributed by atoms with E-state index in [0.29, 0.717) is 22.9 Å². The minimum absolute atomic E-state index is 0.0271. The van der Waals surface area contributed by atoms with E-state index in [0.717, 1.165) is 16.2 Å². The molecule has 0 unspecified atom stereocenters. The van der Waals surface area contributed by atoms with Crippen LogP contribution in [0.3, 0.4) is 0 Å². The number of carbonyl (C=O) groups is 1. The molecule has 7 nitrogen and oxygen atoms in total. The molecule has 0 saturated carbocycles. The fourth-order valence-electron chi connectivity index (χ4n) is 2.85. The average Bonchev–Trinajstić information content (AvgIpc) is 3.12. The summed E-state index contributed by atoms with van der Waals surface area (Å²) >= 11 is 1.31. The molecule has 0 fully saturated rings. The van der Waals surface area contributed by atoms with Crippen LogP contribution in [-0.4, -0.2) is 34.2 Å². The van der Waals surface area contributed by atoms with Gasteiger partial charge in [-0.05, 0) is 36.2 Å². The summed E-state index contributed by atoms with van der Waals surface area (Å²) in [6.45, 7) is 0.306. The topological polar surface area (TPSA) is 115 Å². The number of aliphatic hydroxyl groups excluding tert-OH is 1. The maximum Gasteiger partial charge on any atom is 0.230 e. The summed E-state index contributed by atoms with van der Waals surface area (Å²) < 4.78 is 0.